The third kappa shape index (κ3) is 13.0. The zero-order chi connectivity index (χ0) is 23.1. The predicted octanol–water partition coefficient (Wildman–Crippen LogP) is 5.83. The molecule has 0 aromatic heterocycles. The van der Waals surface area contributed by atoms with Gasteiger partial charge < -0.3 is 19.7 Å². The number of hydrogen-bond acceptors (Lipinski definition) is 4. The molecule has 0 saturated carbocycles. The minimum atomic E-state index is -0.532. The summed E-state index contributed by atoms with van der Waals surface area (Å²) in [6.07, 6.45) is 15.4. The van der Waals surface area contributed by atoms with Crippen LogP contribution in [0.2, 0.25) is 0 Å². The van der Waals surface area contributed by atoms with E-state index in [0.717, 1.165) is 12.8 Å². The molecule has 0 aromatic rings. The molecule has 6 heteroatoms. The first-order valence-corrected chi connectivity index (χ1v) is 12.6. The molecule has 1 N–H and O–H groups in total. The molecular weight excluding hydrogens is 392 g/mol. The average Bonchev–Trinajstić information content (AvgIpc) is 3.10. The van der Waals surface area contributed by atoms with Crippen molar-refractivity contribution in [2.75, 3.05) is 20.2 Å². The van der Waals surface area contributed by atoms with Crippen molar-refractivity contribution in [1.82, 2.24) is 10.2 Å². The third-order valence-electron chi connectivity index (χ3n) is 5.82. The fourth-order valence-electron chi connectivity index (χ4n) is 4.03. The van der Waals surface area contributed by atoms with Gasteiger partial charge in [-0.15, -0.1) is 0 Å². The Morgan fingerprint density at radius 1 is 0.871 bits per heavy atom. The number of ether oxygens (including phenoxy) is 2. The lowest BCUT2D eigenvalue weighted by Crippen LogP contribution is -2.43. The molecule has 0 aliphatic carbocycles. The van der Waals surface area contributed by atoms with Gasteiger partial charge in [-0.05, 0) is 27.2 Å². The summed E-state index contributed by atoms with van der Waals surface area (Å²) in [4.78, 5) is 26.3. The smallest absolute Gasteiger partial charge is 0.410 e. The first-order valence-electron chi connectivity index (χ1n) is 12.6. The van der Waals surface area contributed by atoms with Gasteiger partial charge in [-0.1, -0.05) is 77.6 Å². The van der Waals surface area contributed by atoms with E-state index in [0.29, 0.717) is 19.5 Å². The minimum Gasteiger partial charge on any atom is -0.444 e. The van der Waals surface area contributed by atoms with E-state index in [4.69, 9.17) is 9.47 Å². The van der Waals surface area contributed by atoms with Gasteiger partial charge in [-0.2, -0.15) is 0 Å². The van der Waals surface area contributed by atoms with Crippen molar-refractivity contribution in [2.45, 2.75) is 129 Å². The summed E-state index contributed by atoms with van der Waals surface area (Å²) < 4.78 is 10.9. The molecule has 6 nitrogen and oxygen atoms in total. The summed E-state index contributed by atoms with van der Waals surface area (Å²) in [5, 5.41) is 3.05. The standard InChI is InChI=1S/C25H48N2O4/c1-6-7-8-9-10-11-12-13-14-15-16-17-18-23(28)26-21-19-27(20-22(21)30-5)24(29)31-25(2,3)4/h21-22H,6-20H2,1-5H3,(H,26,28)/t21-,22+/m0/s1. The van der Waals surface area contributed by atoms with Crippen LogP contribution in [0, 0.1) is 0 Å². The monoisotopic (exact) mass is 440 g/mol. The number of nitrogens with one attached hydrogen (secondary N) is 1. The summed E-state index contributed by atoms with van der Waals surface area (Å²) >= 11 is 0. The number of carbonyl (C=O) groups is 2. The number of unbranched alkanes of at least 4 members (excludes halogenated alkanes) is 11. The van der Waals surface area contributed by atoms with Gasteiger partial charge >= 0.3 is 6.09 Å². The van der Waals surface area contributed by atoms with Crippen molar-refractivity contribution in [3.8, 4) is 0 Å². The van der Waals surface area contributed by atoms with Gasteiger partial charge in [0, 0.05) is 20.1 Å². The SMILES string of the molecule is CCCCCCCCCCCCCCC(=O)N[C@H]1CN(C(=O)OC(C)(C)C)C[C@H]1OC. The van der Waals surface area contributed by atoms with Crippen LogP contribution in [-0.4, -0.2) is 54.8 Å². The Morgan fingerprint density at radius 2 is 1.39 bits per heavy atom. The number of nitrogens with zero attached hydrogens (tertiary/aromatic N) is 1. The van der Waals surface area contributed by atoms with E-state index < -0.39 is 5.60 Å². The molecule has 2 atom stereocenters. The molecule has 0 unspecified atom stereocenters. The first kappa shape index (κ1) is 27.7. The second kappa shape index (κ2) is 15.5. The normalized spacial score (nSPS) is 18.9. The number of likely N-dealkylation sites (tertiary alicyclic amines) is 1. The topological polar surface area (TPSA) is 67.9 Å². The van der Waals surface area contributed by atoms with Gasteiger partial charge in [0.15, 0.2) is 0 Å². The van der Waals surface area contributed by atoms with Gasteiger partial charge in [0.2, 0.25) is 5.91 Å². The Morgan fingerprint density at radius 3 is 1.87 bits per heavy atom. The highest BCUT2D eigenvalue weighted by molar-refractivity contribution is 5.76. The van der Waals surface area contributed by atoms with E-state index in [-0.39, 0.29) is 24.1 Å². The molecule has 0 aromatic carbocycles. The molecular formula is C25H48N2O4. The molecule has 182 valence electrons. The quantitative estimate of drug-likeness (QED) is 0.325. The Labute approximate surface area is 190 Å². The van der Waals surface area contributed by atoms with Crippen LogP contribution in [0.25, 0.3) is 0 Å². The number of methoxy groups -OCH3 is 1. The molecule has 1 rings (SSSR count). The highest BCUT2D eigenvalue weighted by atomic mass is 16.6. The molecule has 1 fully saturated rings. The maximum Gasteiger partial charge on any atom is 0.410 e. The molecule has 31 heavy (non-hydrogen) atoms. The van der Waals surface area contributed by atoms with Crippen LogP contribution < -0.4 is 5.32 Å². The fourth-order valence-corrected chi connectivity index (χ4v) is 4.03. The van der Waals surface area contributed by atoms with Crippen LogP contribution in [0.15, 0.2) is 0 Å². The second-order valence-electron chi connectivity index (χ2n) is 9.97. The Bertz CT molecular complexity index is 504. The van der Waals surface area contributed by atoms with E-state index in [1.807, 2.05) is 20.8 Å². The number of amides is 2. The summed E-state index contributed by atoms with van der Waals surface area (Å²) in [7, 11) is 1.62. The summed E-state index contributed by atoms with van der Waals surface area (Å²) in [5.74, 6) is 0.0465. The van der Waals surface area contributed by atoms with Gasteiger partial charge in [-0.25, -0.2) is 4.79 Å². The van der Waals surface area contributed by atoms with Crippen LogP contribution in [0.5, 0.6) is 0 Å². The Balaban J connectivity index is 2.11. The molecule has 0 bridgehead atoms. The second-order valence-corrected chi connectivity index (χ2v) is 9.97. The molecule has 1 saturated heterocycles. The van der Waals surface area contributed by atoms with E-state index in [2.05, 4.69) is 12.2 Å². The van der Waals surface area contributed by atoms with Crippen LogP contribution in [0.3, 0.4) is 0 Å². The van der Waals surface area contributed by atoms with Crippen molar-refractivity contribution in [3.63, 3.8) is 0 Å². The summed E-state index contributed by atoms with van der Waals surface area (Å²) in [6.45, 7) is 8.68. The Kier molecular flexibility index (Phi) is 13.9. The third-order valence-corrected chi connectivity index (χ3v) is 5.82. The molecule has 1 heterocycles. The number of rotatable bonds is 15. The highest BCUT2D eigenvalue weighted by Gasteiger charge is 2.38. The molecule has 0 spiro atoms. The van der Waals surface area contributed by atoms with Crippen molar-refractivity contribution >= 4 is 12.0 Å². The lowest BCUT2D eigenvalue weighted by molar-refractivity contribution is -0.122. The van der Waals surface area contributed by atoms with Crippen molar-refractivity contribution < 1.29 is 19.1 Å². The first-order chi connectivity index (χ1) is 14.8. The predicted molar refractivity (Wildman–Crippen MR) is 126 cm³/mol. The van der Waals surface area contributed by atoms with Crippen LogP contribution in [0.4, 0.5) is 4.79 Å². The number of hydrogen-bond donors (Lipinski definition) is 1. The van der Waals surface area contributed by atoms with Crippen LogP contribution in [-0.2, 0) is 14.3 Å². The maximum absolute atomic E-state index is 12.3. The van der Waals surface area contributed by atoms with Crippen LogP contribution in [0.1, 0.15) is 111 Å². The van der Waals surface area contributed by atoms with Crippen molar-refractivity contribution in [3.05, 3.63) is 0 Å². The van der Waals surface area contributed by atoms with E-state index in [1.54, 1.807) is 12.0 Å². The largest absolute Gasteiger partial charge is 0.444 e. The van der Waals surface area contributed by atoms with E-state index >= 15 is 0 Å². The summed E-state index contributed by atoms with van der Waals surface area (Å²) in [5.41, 5.74) is -0.532. The van der Waals surface area contributed by atoms with Gasteiger partial charge in [0.05, 0.1) is 18.7 Å². The lowest BCUT2D eigenvalue weighted by Gasteiger charge is -2.24. The number of carbonyl (C=O) groups excluding carboxylic acids is 2. The van der Waals surface area contributed by atoms with Gasteiger partial charge in [0.25, 0.3) is 0 Å². The highest BCUT2D eigenvalue weighted by Crippen LogP contribution is 2.18. The summed E-state index contributed by atoms with van der Waals surface area (Å²) in [6, 6.07) is -0.178. The van der Waals surface area contributed by atoms with Crippen molar-refractivity contribution in [1.29, 1.82) is 0 Å². The molecule has 2 amide bonds. The van der Waals surface area contributed by atoms with Gasteiger partial charge in [0.1, 0.15) is 5.60 Å². The van der Waals surface area contributed by atoms with E-state index in [1.165, 1.54) is 64.2 Å². The molecule has 1 aliphatic rings. The average molecular weight is 441 g/mol. The molecule has 1 aliphatic heterocycles. The fraction of sp³-hybridized carbons (Fsp3) is 0.920. The zero-order valence-corrected chi connectivity index (χ0v) is 20.8. The zero-order valence-electron chi connectivity index (χ0n) is 20.8. The van der Waals surface area contributed by atoms with Crippen molar-refractivity contribution in [2.24, 2.45) is 0 Å². The van der Waals surface area contributed by atoms with Gasteiger partial charge in [-0.3, -0.25) is 4.79 Å². The lowest BCUT2D eigenvalue weighted by atomic mass is 10.0. The Hall–Kier alpha value is -1.30. The van der Waals surface area contributed by atoms with E-state index in [9.17, 15) is 9.59 Å². The molecule has 0 radical (unpaired) electrons. The van der Waals surface area contributed by atoms with Crippen LogP contribution >= 0.6 is 0 Å². The maximum atomic E-state index is 12.3. The minimum absolute atomic E-state index is 0.0465.